The number of benzene rings is 1. The molecular weight excluding hydrogens is 240 g/mol. The zero-order chi connectivity index (χ0) is 9.97. The fourth-order valence-corrected chi connectivity index (χ4v) is 2.70. The zero-order valence-electron chi connectivity index (χ0n) is 8.00. The van der Waals surface area contributed by atoms with Gasteiger partial charge < -0.3 is 0 Å². The van der Waals surface area contributed by atoms with Crippen molar-refractivity contribution in [2.45, 2.75) is 31.6 Å². The average Bonchev–Trinajstić information content (AvgIpc) is 2.18. The van der Waals surface area contributed by atoms with Crippen LogP contribution in [0.5, 0.6) is 0 Å². The minimum absolute atomic E-state index is 0.414. The first-order chi connectivity index (χ1) is 6.77. The predicted octanol–water partition coefficient (Wildman–Crippen LogP) is 3.68. The third-order valence-corrected chi connectivity index (χ3v) is 3.55. The molecular formula is C12H13BrO. The summed E-state index contributed by atoms with van der Waals surface area (Å²) in [6.45, 7) is 0. The van der Waals surface area contributed by atoms with Crippen molar-refractivity contribution >= 4 is 21.7 Å². The Hall–Kier alpha value is -0.630. The monoisotopic (exact) mass is 252 g/mol. The highest BCUT2D eigenvalue weighted by atomic mass is 79.9. The van der Waals surface area contributed by atoms with Crippen LogP contribution in [-0.4, -0.2) is 5.78 Å². The molecule has 1 unspecified atom stereocenters. The van der Waals surface area contributed by atoms with Gasteiger partial charge in [0.2, 0.25) is 0 Å². The van der Waals surface area contributed by atoms with E-state index in [1.807, 2.05) is 12.1 Å². The van der Waals surface area contributed by atoms with Crippen LogP contribution in [0.15, 0.2) is 28.7 Å². The molecule has 2 rings (SSSR count). The summed E-state index contributed by atoms with van der Waals surface area (Å²) >= 11 is 3.54. The minimum Gasteiger partial charge on any atom is -0.300 e. The lowest BCUT2D eigenvalue weighted by Crippen LogP contribution is -2.13. The third-order valence-electron chi connectivity index (χ3n) is 2.83. The van der Waals surface area contributed by atoms with Crippen LogP contribution in [0.4, 0.5) is 0 Å². The Morgan fingerprint density at radius 1 is 1.29 bits per heavy atom. The fraction of sp³-hybridized carbons (Fsp3) is 0.417. The number of Topliss-reactive ketones (excluding diaryl/α,β-unsaturated/α-hetero) is 1. The molecule has 0 bridgehead atoms. The van der Waals surface area contributed by atoms with Gasteiger partial charge in [-0.15, -0.1) is 0 Å². The summed E-state index contributed by atoms with van der Waals surface area (Å²) in [5, 5.41) is 0. The molecule has 1 aromatic carbocycles. The summed E-state index contributed by atoms with van der Waals surface area (Å²) in [4.78, 5) is 11.3. The van der Waals surface area contributed by atoms with Gasteiger partial charge in [-0.1, -0.05) is 34.1 Å². The number of ketones is 1. The number of rotatable bonds is 1. The van der Waals surface area contributed by atoms with Crippen LogP contribution in [0.1, 0.15) is 37.2 Å². The van der Waals surface area contributed by atoms with Crippen LogP contribution in [0.25, 0.3) is 0 Å². The Balaban J connectivity index is 2.22. The van der Waals surface area contributed by atoms with Gasteiger partial charge in [0.25, 0.3) is 0 Å². The van der Waals surface area contributed by atoms with Crippen molar-refractivity contribution < 1.29 is 4.79 Å². The van der Waals surface area contributed by atoms with E-state index in [2.05, 4.69) is 28.1 Å². The first-order valence-electron chi connectivity index (χ1n) is 5.03. The summed E-state index contributed by atoms with van der Waals surface area (Å²) in [7, 11) is 0. The third kappa shape index (κ3) is 2.06. The Morgan fingerprint density at radius 2 is 2.07 bits per heavy atom. The summed E-state index contributed by atoms with van der Waals surface area (Å²) in [5.41, 5.74) is 1.29. The minimum atomic E-state index is 0.414. The first kappa shape index (κ1) is 9.91. The lowest BCUT2D eigenvalue weighted by atomic mass is 9.83. The van der Waals surface area contributed by atoms with E-state index >= 15 is 0 Å². The molecule has 0 aliphatic heterocycles. The van der Waals surface area contributed by atoms with Crippen LogP contribution in [0, 0.1) is 0 Å². The normalized spacial score (nSPS) is 22.4. The van der Waals surface area contributed by atoms with E-state index in [1.165, 1.54) is 5.56 Å². The largest absolute Gasteiger partial charge is 0.300 e. The molecule has 1 atom stereocenters. The smallest absolute Gasteiger partial charge is 0.133 e. The summed E-state index contributed by atoms with van der Waals surface area (Å²) < 4.78 is 1.14. The summed E-state index contributed by atoms with van der Waals surface area (Å²) in [6, 6.07) is 8.22. The Labute approximate surface area is 92.6 Å². The summed E-state index contributed by atoms with van der Waals surface area (Å²) in [5.74, 6) is 0.851. The van der Waals surface area contributed by atoms with Crippen LogP contribution in [-0.2, 0) is 4.79 Å². The van der Waals surface area contributed by atoms with Crippen LogP contribution in [0.2, 0.25) is 0 Å². The molecule has 1 aromatic rings. The topological polar surface area (TPSA) is 17.1 Å². The van der Waals surface area contributed by atoms with Gasteiger partial charge in [-0.25, -0.2) is 0 Å². The zero-order valence-corrected chi connectivity index (χ0v) is 9.59. The van der Waals surface area contributed by atoms with Gasteiger partial charge in [-0.2, -0.15) is 0 Å². The molecule has 0 radical (unpaired) electrons. The van der Waals surface area contributed by atoms with Crippen molar-refractivity contribution in [3.63, 3.8) is 0 Å². The van der Waals surface area contributed by atoms with E-state index in [0.717, 1.165) is 30.2 Å². The standard InChI is InChI=1S/C12H13BrO/c13-12-7-2-1-6-11(12)9-4-3-5-10(14)8-9/h1-2,6-7,9H,3-5,8H2. The van der Waals surface area contributed by atoms with Crippen molar-refractivity contribution in [3.8, 4) is 0 Å². The van der Waals surface area contributed by atoms with Crippen molar-refractivity contribution in [3.05, 3.63) is 34.3 Å². The second-order valence-electron chi connectivity index (χ2n) is 3.85. The fourth-order valence-electron chi connectivity index (χ4n) is 2.10. The lowest BCUT2D eigenvalue weighted by molar-refractivity contribution is -0.120. The molecule has 1 nitrogen and oxygen atoms in total. The molecule has 0 heterocycles. The lowest BCUT2D eigenvalue weighted by Gasteiger charge is -2.22. The number of carbonyl (C=O) groups is 1. The van der Waals surface area contributed by atoms with Gasteiger partial charge >= 0.3 is 0 Å². The second kappa shape index (κ2) is 4.26. The Morgan fingerprint density at radius 3 is 2.79 bits per heavy atom. The first-order valence-corrected chi connectivity index (χ1v) is 5.83. The Bertz CT molecular complexity index is 346. The van der Waals surface area contributed by atoms with Crippen LogP contribution in [0.3, 0.4) is 0 Å². The van der Waals surface area contributed by atoms with E-state index in [0.29, 0.717) is 11.7 Å². The molecule has 1 aliphatic rings. The SMILES string of the molecule is O=C1CCCC(c2ccccc2Br)C1. The predicted molar refractivity (Wildman–Crippen MR) is 60.4 cm³/mol. The average molecular weight is 253 g/mol. The molecule has 0 N–H and O–H groups in total. The molecule has 2 heteroatoms. The van der Waals surface area contributed by atoms with Gasteiger partial charge in [-0.05, 0) is 30.4 Å². The maximum atomic E-state index is 11.3. The van der Waals surface area contributed by atoms with Crippen molar-refractivity contribution in [2.24, 2.45) is 0 Å². The highest BCUT2D eigenvalue weighted by Crippen LogP contribution is 2.34. The van der Waals surface area contributed by atoms with Gasteiger partial charge in [0.15, 0.2) is 0 Å². The highest BCUT2D eigenvalue weighted by Gasteiger charge is 2.21. The molecule has 0 spiro atoms. The maximum absolute atomic E-state index is 11.3. The van der Waals surface area contributed by atoms with Crippen molar-refractivity contribution in [1.82, 2.24) is 0 Å². The van der Waals surface area contributed by atoms with Gasteiger partial charge in [0.05, 0.1) is 0 Å². The molecule has 74 valence electrons. The van der Waals surface area contributed by atoms with E-state index in [-0.39, 0.29) is 0 Å². The molecule has 0 aromatic heterocycles. The van der Waals surface area contributed by atoms with Crippen LogP contribution < -0.4 is 0 Å². The van der Waals surface area contributed by atoms with Crippen molar-refractivity contribution in [1.29, 1.82) is 0 Å². The molecule has 14 heavy (non-hydrogen) atoms. The second-order valence-corrected chi connectivity index (χ2v) is 4.71. The number of carbonyl (C=O) groups excluding carboxylic acids is 1. The number of hydrogen-bond donors (Lipinski definition) is 0. The van der Waals surface area contributed by atoms with E-state index in [1.54, 1.807) is 0 Å². The number of hydrogen-bond acceptors (Lipinski definition) is 1. The van der Waals surface area contributed by atoms with Crippen LogP contribution >= 0.6 is 15.9 Å². The van der Waals surface area contributed by atoms with E-state index < -0.39 is 0 Å². The van der Waals surface area contributed by atoms with E-state index in [4.69, 9.17) is 0 Å². The molecule has 1 saturated carbocycles. The molecule has 0 saturated heterocycles. The van der Waals surface area contributed by atoms with Gasteiger partial charge in [0, 0.05) is 17.3 Å². The molecule has 1 aliphatic carbocycles. The number of halogens is 1. The molecule has 1 fully saturated rings. The van der Waals surface area contributed by atoms with Crippen molar-refractivity contribution in [2.75, 3.05) is 0 Å². The Kier molecular flexibility index (Phi) is 3.02. The van der Waals surface area contributed by atoms with Gasteiger partial charge in [-0.3, -0.25) is 4.79 Å². The highest BCUT2D eigenvalue weighted by molar-refractivity contribution is 9.10. The quantitative estimate of drug-likeness (QED) is 0.746. The maximum Gasteiger partial charge on any atom is 0.133 e. The summed E-state index contributed by atoms with van der Waals surface area (Å²) in [6.07, 6.45) is 3.70. The van der Waals surface area contributed by atoms with Gasteiger partial charge in [0.1, 0.15) is 5.78 Å². The molecule has 0 amide bonds. The van der Waals surface area contributed by atoms with E-state index in [9.17, 15) is 4.79 Å².